The Bertz CT molecular complexity index is 451. The van der Waals surface area contributed by atoms with Gasteiger partial charge in [-0.05, 0) is 37.7 Å². The minimum Gasteiger partial charge on any atom is -0.381 e. The van der Waals surface area contributed by atoms with Crippen molar-refractivity contribution in [2.75, 3.05) is 11.1 Å². The first-order valence-electron chi connectivity index (χ1n) is 6.21. The summed E-state index contributed by atoms with van der Waals surface area (Å²) in [5.41, 5.74) is 1.88. The average Bonchev–Trinajstić information content (AvgIpc) is 2.32. The second-order valence-electron chi connectivity index (χ2n) is 4.73. The number of thioether (sulfide) groups is 1. The minimum absolute atomic E-state index is 0.187. The van der Waals surface area contributed by atoms with Crippen molar-refractivity contribution < 1.29 is 4.92 Å². The van der Waals surface area contributed by atoms with Crippen molar-refractivity contribution in [1.82, 2.24) is 0 Å². The van der Waals surface area contributed by atoms with Crippen LogP contribution >= 0.6 is 11.8 Å². The van der Waals surface area contributed by atoms with Crippen LogP contribution in [0.2, 0.25) is 0 Å². The Hall–Kier alpha value is -1.23. The van der Waals surface area contributed by atoms with Crippen LogP contribution < -0.4 is 5.32 Å². The molecule has 0 saturated carbocycles. The van der Waals surface area contributed by atoms with Gasteiger partial charge in [-0.1, -0.05) is 6.92 Å². The topological polar surface area (TPSA) is 55.2 Å². The minimum atomic E-state index is -0.335. The van der Waals surface area contributed by atoms with Crippen molar-refractivity contribution in [2.45, 2.75) is 38.0 Å². The molecule has 1 heterocycles. The summed E-state index contributed by atoms with van der Waals surface area (Å²) in [6.07, 6.45) is 2.41. The molecular weight excluding hydrogens is 248 g/mol. The molecule has 1 aliphatic heterocycles. The highest BCUT2D eigenvalue weighted by Crippen LogP contribution is 2.29. The molecule has 1 N–H and O–H groups in total. The highest BCUT2D eigenvalue weighted by molar-refractivity contribution is 8.00. The number of benzene rings is 1. The summed E-state index contributed by atoms with van der Waals surface area (Å²) in [5, 5.41) is 14.8. The van der Waals surface area contributed by atoms with E-state index in [4.69, 9.17) is 0 Å². The fraction of sp³-hybridized carbons (Fsp3) is 0.538. The maximum Gasteiger partial charge on any atom is 0.272 e. The second-order valence-corrected chi connectivity index (χ2v) is 6.21. The van der Waals surface area contributed by atoms with Gasteiger partial charge in [0.25, 0.3) is 5.69 Å². The Labute approximate surface area is 111 Å². The molecule has 0 radical (unpaired) electrons. The lowest BCUT2D eigenvalue weighted by Gasteiger charge is -2.30. The van der Waals surface area contributed by atoms with Crippen LogP contribution in [-0.4, -0.2) is 22.0 Å². The summed E-state index contributed by atoms with van der Waals surface area (Å²) in [5.74, 6) is 1.23. The fourth-order valence-electron chi connectivity index (χ4n) is 2.28. The Morgan fingerprint density at radius 3 is 2.89 bits per heavy atom. The molecular formula is C13H18N2O2S. The number of hydrogen-bond donors (Lipinski definition) is 1. The zero-order chi connectivity index (χ0) is 13.1. The van der Waals surface area contributed by atoms with Crippen LogP contribution in [0.3, 0.4) is 0 Å². The Kier molecular flexibility index (Phi) is 4.11. The quantitative estimate of drug-likeness (QED) is 0.671. The Balaban J connectivity index is 2.10. The standard InChI is InChI=1S/C13H18N2O2S/c1-9-8-11(5-6-13(9)15(16)17)14-12-4-3-7-18-10(12)2/h5-6,8,10,12,14H,3-4,7H2,1-2H3. The summed E-state index contributed by atoms with van der Waals surface area (Å²) in [7, 11) is 0. The molecule has 1 aliphatic rings. The summed E-state index contributed by atoms with van der Waals surface area (Å²) in [4.78, 5) is 10.4. The second kappa shape index (κ2) is 5.61. The van der Waals surface area contributed by atoms with Crippen LogP contribution in [0.25, 0.3) is 0 Å². The lowest BCUT2D eigenvalue weighted by Crippen LogP contribution is -2.32. The smallest absolute Gasteiger partial charge is 0.272 e. The molecule has 5 heteroatoms. The number of aryl methyl sites for hydroxylation is 1. The molecule has 1 aromatic carbocycles. The zero-order valence-corrected chi connectivity index (χ0v) is 11.5. The van der Waals surface area contributed by atoms with Crippen molar-refractivity contribution in [2.24, 2.45) is 0 Å². The van der Waals surface area contributed by atoms with E-state index in [-0.39, 0.29) is 10.6 Å². The van der Waals surface area contributed by atoms with Gasteiger partial charge in [0, 0.05) is 28.6 Å². The lowest BCUT2D eigenvalue weighted by molar-refractivity contribution is -0.385. The molecule has 0 aliphatic carbocycles. The Morgan fingerprint density at radius 2 is 2.28 bits per heavy atom. The monoisotopic (exact) mass is 266 g/mol. The van der Waals surface area contributed by atoms with Gasteiger partial charge < -0.3 is 5.32 Å². The molecule has 0 spiro atoms. The first kappa shape index (κ1) is 13.2. The van der Waals surface area contributed by atoms with Gasteiger partial charge in [0.05, 0.1) is 4.92 Å². The molecule has 2 unspecified atom stereocenters. The predicted octanol–water partition coefficient (Wildman–Crippen LogP) is 3.60. The third-order valence-corrected chi connectivity index (χ3v) is 4.73. The van der Waals surface area contributed by atoms with Crippen LogP contribution in [0.15, 0.2) is 18.2 Å². The molecule has 2 atom stereocenters. The summed E-state index contributed by atoms with van der Waals surface area (Å²) in [6, 6.07) is 5.71. The van der Waals surface area contributed by atoms with Crippen LogP contribution in [0.4, 0.5) is 11.4 Å². The van der Waals surface area contributed by atoms with Crippen molar-refractivity contribution in [3.63, 3.8) is 0 Å². The first-order chi connectivity index (χ1) is 8.58. The van der Waals surface area contributed by atoms with Gasteiger partial charge in [-0.25, -0.2) is 0 Å². The molecule has 4 nitrogen and oxygen atoms in total. The molecule has 18 heavy (non-hydrogen) atoms. The van der Waals surface area contributed by atoms with E-state index in [9.17, 15) is 10.1 Å². The predicted molar refractivity (Wildman–Crippen MR) is 76.4 cm³/mol. The van der Waals surface area contributed by atoms with E-state index in [2.05, 4.69) is 12.2 Å². The van der Waals surface area contributed by atoms with Crippen molar-refractivity contribution in [3.05, 3.63) is 33.9 Å². The van der Waals surface area contributed by atoms with Crippen LogP contribution in [0, 0.1) is 17.0 Å². The third-order valence-electron chi connectivity index (χ3n) is 3.35. The van der Waals surface area contributed by atoms with Gasteiger partial charge in [0.2, 0.25) is 0 Å². The normalized spacial score (nSPS) is 23.7. The number of nitro groups is 1. The van der Waals surface area contributed by atoms with Gasteiger partial charge in [-0.3, -0.25) is 10.1 Å². The van der Waals surface area contributed by atoms with E-state index in [1.165, 1.54) is 18.6 Å². The molecule has 0 bridgehead atoms. The highest BCUT2D eigenvalue weighted by Gasteiger charge is 2.22. The van der Waals surface area contributed by atoms with E-state index in [1.54, 1.807) is 19.1 Å². The number of anilines is 1. The third kappa shape index (κ3) is 2.96. The Morgan fingerprint density at radius 1 is 1.50 bits per heavy atom. The van der Waals surface area contributed by atoms with E-state index >= 15 is 0 Å². The molecule has 1 aromatic rings. The number of nitrogens with zero attached hydrogens (tertiary/aromatic N) is 1. The van der Waals surface area contributed by atoms with E-state index in [0.717, 1.165) is 5.69 Å². The van der Waals surface area contributed by atoms with Gasteiger partial charge in [0.15, 0.2) is 0 Å². The van der Waals surface area contributed by atoms with Crippen molar-refractivity contribution in [1.29, 1.82) is 0 Å². The molecule has 2 rings (SSSR count). The first-order valence-corrected chi connectivity index (χ1v) is 7.26. The van der Waals surface area contributed by atoms with Crippen molar-refractivity contribution >= 4 is 23.1 Å². The van der Waals surface area contributed by atoms with Crippen LogP contribution in [0.1, 0.15) is 25.3 Å². The van der Waals surface area contributed by atoms with Crippen molar-refractivity contribution in [3.8, 4) is 0 Å². The van der Waals surface area contributed by atoms with Gasteiger partial charge in [-0.2, -0.15) is 11.8 Å². The maximum atomic E-state index is 10.8. The SMILES string of the molecule is Cc1cc(NC2CCCSC2C)ccc1[N+](=O)[O-]. The molecule has 0 amide bonds. The molecule has 1 fully saturated rings. The molecule has 0 aromatic heterocycles. The number of nitrogens with one attached hydrogen (secondary N) is 1. The summed E-state index contributed by atoms with van der Waals surface area (Å²) < 4.78 is 0. The highest BCUT2D eigenvalue weighted by atomic mass is 32.2. The molecule has 98 valence electrons. The fourth-order valence-corrected chi connectivity index (χ4v) is 3.42. The van der Waals surface area contributed by atoms with Gasteiger partial charge in [-0.15, -0.1) is 0 Å². The van der Waals surface area contributed by atoms with Gasteiger partial charge in [0.1, 0.15) is 0 Å². The van der Waals surface area contributed by atoms with Crippen LogP contribution in [-0.2, 0) is 0 Å². The van der Waals surface area contributed by atoms with Gasteiger partial charge >= 0.3 is 0 Å². The number of nitro benzene ring substituents is 1. The molecule has 1 saturated heterocycles. The number of hydrogen-bond acceptors (Lipinski definition) is 4. The summed E-state index contributed by atoms with van der Waals surface area (Å²) >= 11 is 1.99. The van der Waals surface area contributed by atoms with E-state index in [0.29, 0.717) is 16.9 Å². The lowest BCUT2D eigenvalue weighted by atomic mass is 10.1. The summed E-state index contributed by atoms with van der Waals surface area (Å²) in [6.45, 7) is 4.02. The van der Waals surface area contributed by atoms with E-state index < -0.39 is 0 Å². The average molecular weight is 266 g/mol. The number of rotatable bonds is 3. The van der Waals surface area contributed by atoms with E-state index in [1.807, 2.05) is 17.8 Å². The van der Waals surface area contributed by atoms with Crippen LogP contribution in [0.5, 0.6) is 0 Å². The zero-order valence-electron chi connectivity index (χ0n) is 10.7. The largest absolute Gasteiger partial charge is 0.381 e. The maximum absolute atomic E-state index is 10.8.